The van der Waals surface area contributed by atoms with E-state index in [0.29, 0.717) is 17.9 Å². The number of amides is 1. The maximum atomic E-state index is 12.1. The molecular formula is C16H28N2O. The van der Waals surface area contributed by atoms with Crippen molar-refractivity contribution in [2.24, 2.45) is 17.8 Å². The molecule has 3 fully saturated rings. The van der Waals surface area contributed by atoms with E-state index in [1.54, 1.807) is 0 Å². The summed E-state index contributed by atoms with van der Waals surface area (Å²) in [7, 11) is 0. The average Bonchev–Trinajstić information content (AvgIpc) is 3.12. The van der Waals surface area contributed by atoms with Crippen LogP contribution in [0, 0.1) is 17.8 Å². The van der Waals surface area contributed by atoms with E-state index in [-0.39, 0.29) is 0 Å². The second kappa shape index (κ2) is 5.82. The summed E-state index contributed by atoms with van der Waals surface area (Å²) in [5, 5.41) is 3.17. The van der Waals surface area contributed by atoms with Gasteiger partial charge in [-0.25, -0.2) is 0 Å². The van der Waals surface area contributed by atoms with Crippen molar-refractivity contribution in [2.45, 2.75) is 57.9 Å². The van der Waals surface area contributed by atoms with Crippen molar-refractivity contribution < 1.29 is 4.79 Å². The van der Waals surface area contributed by atoms with E-state index in [4.69, 9.17) is 0 Å². The number of carbonyl (C=O) groups is 1. The molecule has 4 atom stereocenters. The Bertz CT molecular complexity index is 325. The molecule has 0 spiro atoms. The van der Waals surface area contributed by atoms with Gasteiger partial charge in [-0.3, -0.25) is 9.69 Å². The number of fused-ring (bicyclic) bond motifs is 2. The van der Waals surface area contributed by atoms with Crippen molar-refractivity contribution in [1.29, 1.82) is 0 Å². The van der Waals surface area contributed by atoms with Gasteiger partial charge in [-0.2, -0.15) is 0 Å². The first kappa shape index (κ1) is 13.4. The van der Waals surface area contributed by atoms with Gasteiger partial charge in [-0.05, 0) is 69.9 Å². The Labute approximate surface area is 117 Å². The van der Waals surface area contributed by atoms with Gasteiger partial charge in [0.05, 0.1) is 0 Å². The van der Waals surface area contributed by atoms with E-state index < -0.39 is 0 Å². The third kappa shape index (κ3) is 3.13. The Morgan fingerprint density at radius 2 is 2.05 bits per heavy atom. The molecule has 3 rings (SSSR count). The van der Waals surface area contributed by atoms with Crippen molar-refractivity contribution in [1.82, 2.24) is 10.2 Å². The second-order valence-corrected chi connectivity index (χ2v) is 7.04. The molecule has 1 heterocycles. The molecule has 1 aliphatic heterocycles. The SMILES string of the molecule is C[C@H](CNC(=O)C[C@H]1C[C@H]2CC[C@H]1C2)N1CCCC1. The molecule has 3 heteroatoms. The van der Waals surface area contributed by atoms with Gasteiger partial charge in [0.2, 0.25) is 5.91 Å². The van der Waals surface area contributed by atoms with Crippen LogP contribution in [0.5, 0.6) is 0 Å². The lowest BCUT2D eigenvalue weighted by Crippen LogP contribution is -2.41. The summed E-state index contributed by atoms with van der Waals surface area (Å²) in [5.41, 5.74) is 0. The van der Waals surface area contributed by atoms with Crippen molar-refractivity contribution >= 4 is 5.91 Å². The lowest BCUT2D eigenvalue weighted by Gasteiger charge is -2.25. The molecule has 2 aliphatic carbocycles. The number of likely N-dealkylation sites (tertiary alicyclic amines) is 1. The average molecular weight is 264 g/mol. The number of nitrogens with zero attached hydrogens (tertiary/aromatic N) is 1. The Morgan fingerprint density at radius 1 is 1.26 bits per heavy atom. The van der Waals surface area contributed by atoms with Gasteiger partial charge >= 0.3 is 0 Å². The van der Waals surface area contributed by atoms with E-state index in [1.165, 1.54) is 51.6 Å². The van der Waals surface area contributed by atoms with Gasteiger partial charge in [0, 0.05) is 19.0 Å². The van der Waals surface area contributed by atoms with Crippen LogP contribution in [0.3, 0.4) is 0 Å². The summed E-state index contributed by atoms with van der Waals surface area (Å²) in [6.45, 7) is 5.50. The van der Waals surface area contributed by atoms with Crippen molar-refractivity contribution in [3.05, 3.63) is 0 Å². The van der Waals surface area contributed by atoms with Gasteiger partial charge in [0.25, 0.3) is 0 Å². The lowest BCUT2D eigenvalue weighted by molar-refractivity contribution is -0.122. The number of carbonyl (C=O) groups excluding carboxylic acids is 1. The zero-order chi connectivity index (χ0) is 13.2. The smallest absolute Gasteiger partial charge is 0.220 e. The molecule has 0 aromatic heterocycles. The highest BCUT2D eigenvalue weighted by atomic mass is 16.1. The largest absolute Gasteiger partial charge is 0.355 e. The first-order valence-corrected chi connectivity index (χ1v) is 8.23. The van der Waals surface area contributed by atoms with Crippen LogP contribution >= 0.6 is 0 Å². The zero-order valence-electron chi connectivity index (χ0n) is 12.2. The number of hydrogen-bond donors (Lipinski definition) is 1. The monoisotopic (exact) mass is 264 g/mol. The number of nitrogens with one attached hydrogen (secondary N) is 1. The predicted molar refractivity (Wildman–Crippen MR) is 76.8 cm³/mol. The Kier molecular flexibility index (Phi) is 4.11. The van der Waals surface area contributed by atoms with Crippen LogP contribution in [-0.4, -0.2) is 36.5 Å². The fourth-order valence-electron chi connectivity index (χ4n) is 4.51. The van der Waals surface area contributed by atoms with Crippen LogP contribution in [0.2, 0.25) is 0 Å². The highest BCUT2D eigenvalue weighted by Gasteiger charge is 2.40. The van der Waals surface area contributed by atoms with E-state index in [9.17, 15) is 4.79 Å². The normalized spacial score (nSPS) is 35.7. The molecule has 3 nitrogen and oxygen atoms in total. The Balaban J connectivity index is 1.37. The molecule has 19 heavy (non-hydrogen) atoms. The Hall–Kier alpha value is -0.570. The van der Waals surface area contributed by atoms with Crippen LogP contribution in [0.25, 0.3) is 0 Å². The standard InChI is InChI=1S/C16H28N2O/c1-12(18-6-2-3-7-18)11-17-16(19)10-15-9-13-4-5-14(15)8-13/h12-15H,2-11H2,1H3,(H,17,19)/t12-,13+,14+,15-/m1/s1. The first-order valence-electron chi connectivity index (χ1n) is 8.23. The zero-order valence-corrected chi connectivity index (χ0v) is 12.2. The van der Waals surface area contributed by atoms with Crippen LogP contribution in [0.1, 0.15) is 51.9 Å². The predicted octanol–water partition coefficient (Wildman–Crippen LogP) is 2.41. The molecule has 0 radical (unpaired) electrons. The highest BCUT2D eigenvalue weighted by molar-refractivity contribution is 5.76. The van der Waals surface area contributed by atoms with E-state index >= 15 is 0 Å². The molecule has 0 unspecified atom stereocenters. The van der Waals surface area contributed by atoms with Crippen molar-refractivity contribution in [3.63, 3.8) is 0 Å². The van der Waals surface area contributed by atoms with Crippen LogP contribution in [0.15, 0.2) is 0 Å². The molecule has 2 saturated carbocycles. The molecule has 0 aromatic rings. The molecule has 108 valence electrons. The van der Waals surface area contributed by atoms with Gasteiger partial charge in [-0.15, -0.1) is 0 Å². The lowest BCUT2D eigenvalue weighted by atomic mass is 9.86. The molecular weight excluding hydrogens is 236 g/mol. The number of rotatable bonds is 5. The molecule has 1 N–H and O–H groups in total. The topological polar surface area (TPSA) is 32.3 Å². The second-order valence-electron chi connectivity index (χ2n) is 7.04. The third-order valence-corrected chi connectivity index (χ3v) is 5.69. The minimum absolute atomic E-state index is 0.295. The van der Waals surface area contributed by atoms with Gasteiger partial charge in [0.15, 0.2) is 0 Å². The van der Waals surface area contributed by atoms with Gasteiger partial charge in [0.1, 0.15) is 0 Å². The van der Waals surface area contributed by atoms with Crippen LogP contribution in [-0.2, 0) is 4.79 Å². The quantitative estimate of drug-likeness (QED) is 0.827. The summed E-state index contributed by atoms with van der Waals surface area (Å²) in [5.74, 6) is 2.81. The maximum absolute atomic E-state index is 12.1. The fraction of sp³-hybridized carbons (Fsp3) is 0.938. The van der Waals surface area contributed by atoms with Gasteiger partial charge in [-0.1, -0.05) is 6.42 Å². The first-order chi connectivity index (χ1) is 9.22. The maximum Gasteiger partial charge on any atom is 0.220 e. The molecule has 0 aromatic carbocycles. The van der Waals surface area contributed by atoms with Crippen molar-refractivity contribution in [3.8, 4) is 0 Å². The summed E-state index contributed by atoms with van der Waals surface area (Å²) >= 11 is 0. The Morgan fingerprint density at radius 3 is 2.68 bits per heavy atom. The molecule has 1 saturated heterocycles. The summed E-state index contributed by atoms with van der Waals surface area (Å²) in [4.78, 5) is 14.6. The van der Waals surface area contributed by atoms with Crippen LogP contribution < -0.4 is 5.32 Å². The third-order valence-electron chi connectivity index (χ3n) is 5.69. The van der Waals surface area contributed by atoms with Crippen molar-refractivity contribution in [2.75, 3.05) is 19.6 Å². The highest BCUT2D eigenvalue weighted by Crippen LogP contribution is 2.49. The van der Waals surface area contributed by atoms with E-state index in [2.05, 4.69) is 17.1 Å². The van der Waals surface area contributed by atoms with Crippen LogP contribution in [0.4, 0.5) is 0 Å². The molecule has 2 bridgehead atoms. The van der Waals surface area contributed by atoms with Gasteiger partial charge < -0.3 is 5.32 Å². The minimum atomic E-state index is 0.295. The number of hydrogen-bond acceptors (Lipinski definition) is 2. The van der Waals surface area contributed by atoms with E-state index in [0.717, 1.165) is 24.8 Å². The summed E-state index contributed by atoms with van der Waals surface area (Å²) in [6.07, 6.45) is 8.96. The minimum Gasteiger partial charge on any atom is -0.355 e. The summed E-state index contributed by atoms with van der Waals surface area (Å²) < 4.78 is 0. The summed E-state index contributed by atoms with van der Waals surface area (Å²) in [6, 6.07) is 0.506. The fourth-order valence-corrected chi connectivity index (χ4v) is 4.51. The van der Waals surface area contributed by atoms with E-state index in [1.807, 2.05) is 0 Å². The molecule has 1 amide bonds. The molecule has 3 aliphatic rings.